The van der Waals surface area contributed by atoms with Crippen LogP contribution in [-0.4, -0.2) is 10.9 Å². The SMILES string of the molecule is N#CC1=C(C#N)C(N)=NC(=S)NN1. The van der Waals surface area contributed by atoms with Crippen LogP contribution in [0.2, 0.25) is 0 Å². The number of hydrogen-bond donors (Lipinski definition) is 3. The highest BCUT2D eigenvalue weighted by atomic mass is 32.1. The zero-order chi connectivity index (χ0) is 9.84. The minimum Gasteiger partial charge on any atom is -0.382 e. The zero-order valence-corrected chi connectivity index (χ0v) is 7.14. The van der Waals surface area contributed by atoms with Crippen molar-refractivity contribution in [2.45, 2.75) is 0 Å². The fraction of sp³-hybridized carbons (Fsp3) is 0. The first-order valence-corrected chi connectivity index (χ1v) is 3.55. The Morgan fingerprint density at radius 3 is 2.54 bits per heavy atom. The van der Waals surface area contributed by atoms with E-state index in [0.29, 0.717) is 0 Å². The van der Waals surface area contributed by atoms with Gasteiger partial charge in [0.05, 0.1) is 0 Å². The zero-order valence-electron chi connectivity index (χ0n) is 6.33. The Kier molecular flexibility index (Phi) is 2.43. The molecule has 0 aromatic heterocycles. The molecular formula is C6H4N6S. The van der Waals surface area contributed by atoms with E-state index in [1.807, 2.05) is 0 Å². The molecule has 0 bridgehead atoms. The number of allylic oxidation sites excluding steroid dienone is 1. The molecule has 0 saturated heterocycles. The van der Waals surface area contributed by atoms with Gasteiger partial charge in [-0.25, -0.2) is 4.99 Å². The molecule has 64 valence electrons. The van der Waals surface area contributed by atoms with Crippen LogP contribution in [0.25, 0.3) is 0 Å². The van der Waals surface area contributed by atoms with Crippen molar-refractivity contribution in [3.05, 3.63) is 11.3 Å². The Bertz CT molecular complexity index is 392. The third kappa shape index (κ3) is 1.72. The highest BCUT2D eigenvalue weighted by molar-refractivity contribution is 7.80. The van der Waals surface area contributed by atoms with Gasteiger partial charge in [-0.2, -0.15) is 10.5 Å². The maximum atomic E-state index is 8.64. The van der Waals surface area contributed by atoms with Crippen molar-refractivity contribution in [1.82, 2.24) is 10.9 Å². The van der Waals surface area contributed by atoms with Gasteiger partial charge in [-0.15, -0.1) is 0 Å². The lowest BCUT2D eigenvalue weighted by atomic mass is 10.2. The first-order chi connectivity index (χ1) is 6.19. The van der Waals surface area contributed by atoms with Crippen molar-refractivity contribution in [3.8, 4) is 12.1 Å². The minimum absolute atomic E-state index is 0.00333. The maximum Gasteiger partial charge on any atom is 0.213 e. The average molecular weight is 192 g/mol. The number of nitriles is 2. The van der Waals surface area contributed by atoms with E-state index in [4.69, 9.17) is 16.3 Å². The molecule has 0 atom stereocenters. The number of nitrogens with zero attached hydrogens (tertiary/aromatic N) is 3. The largest absolute Gasteiger partial charge is 0.382 e. The lowest BCUT2D eigenvalue weighted by molar-refractivity contribution is 0.794. The summed E-state index contributed by atoms with van der Waals surface area (Å²) in [5, 5.41) is 17.3. The van der Waals surface area contributed by atoms with E-state index < -0.39 is 0 Å². The molecule has 1 aliphatic rings. The smallest absolute Gasteiger partial charge is 0.213 e. The molecule has 4 N–H and O–H groups in total. The molecule has 1 heterocycles. The van der Waals surface area contributed by atoms with Gasteiger partial charge < -0.3 is 5.73 Å². The monoisotopic (exact) mass is 192 g/mol. The normalized spacial score (nSPS) is 15.8. The fourth-order valence-corrected chi connectivity index (χ4v) is 0.846. The summed E-state index contributed by atoms with van der Waals surface area (Å²) < 4.78 is 0. The van der Waals surface area contributed by atoms with E-state index in [2.05, 4.69) is 28.1 Å². The lowest BCUT2D eigenvalue weighted by Crippen LogP contribution is -2.33. The summed E-state index contributed by atoms with van der Waals surface area (Å²) in [6, 6.07) is 3.51. The summed E-state index contributed by atoms with van der Waals surface area (Å²) in [5.74, 6) is -0.0680. The third-order valence-corrected chi connectivity index (χ3v) is 1.44. The molecular weight excluding hydrogens is 188 g/mol. The van der Waals surface area contributed by atoms with Crippen LogP contribution in [0.5, 0.6) is 0 Å². The van der Waals surface area contributed by atoms with Crippen molar-refractivity contribution in [2.75, 3.05) is 0 Å². The van der Waals surface area contributed by atoms with Gasteiger partial charge in [0.25, 0.3) is 0 Å². The standard InChI is InChI=1S/C6H4N6S/c7-1-3-4(2-8)11-12-6(13)10-5(3)9/h11H,(H3,9,10,12,13). The van der Waals surface area contributed by atoms with Crippen molar-refractivity contribution in [3.63, 3.8) is 0 Å². The van der Waals surface area contributed by atoms with Crippen LogP contribution in [0.3, 0.4) is 0 Å². The van der Waals surface area contributed by atoms with Gasteiger partial charge in [-0.1, -0.05) is 0 Å². The number of thiocarbonyl (C=S) groups is 1. The number of nitrogens with one attached hydrogen (secondary N) is 2. The van der Waals surface area contributed by atoms with Gasteiger partial charge in [0, 0.05) is 0 Å². The summed E-state index contributed by atoms with van der Waals surface area (Å²) in [5.41, 5.74) is 10.2. The molecule has 0 aromatic rings. The van der Waals surface area contributed by atoms with Crippen LogP contribution >= 0.6 is 12.2 Å². The summed E-state index contributed by atoms with van der Waals surface area (Å²) in [6.45, 7) is 0. The fourth-order valence-electron chi connectivity index (χ4n) is 0.697. The summed E-state index contributed by atoms with van der Waals surface area (Å²) in [4.78, 5) is 3.65. The first kappa shape index (κ1) is 8.97. The molecule has 0 unspecified atom stereocenters. The Labute approximate surface area is 79.3 Å². The second-order valence-electron chi connectivity index (χ2n) is 2.03. The summed E-state index contributed by atoms with van der Waals surface area (Å²) >= 11 is 4.68. The van der Waals surface area contributed by atoms with Gasteiger partial charge in [-0.05, 0) is 12.2 Å². The van der Waals surface area contributed by atoms with Gasteiger partial charge >= 0.3 is 0 Å². The van der Waals surface area contributed by atoms with Crippen LogP contribution in [-0.2, 0) is 0 Å². The number of aliphatic imine (C=N–C) groups is 1. The van der Waals surface area contributed by atoms with Crippen molar-refractivity contribution < 1.29 is 0 Å². The van der Waals surface area contributed by atoms with Crippen LogP contribution < -0.4 is 16.6 Å². The van der Waals surface area contributed by atoms with Crippen LogP contribution in [0.15, 0.2) is 16.3 Å². The molecule has 1 aliphatic heterocycles. The lowest BCUT2D eigenvalue weighted by Gasteiger charge is -2.01. The molecule has 0 spiro atoms. The molecule has 0 amide bonds. The van der Waals surface area contributed by atoms with E-state index in [0.717, 1.165) is 0 Å². The highest BCUT2D eigenvalue weighted by Crippen LogP contribution is 2.02. The molecule has 0 radical (unpaired) electrons. The third-order valence-electron chi connectivity index (χ3n) is 1.25. The van der Waals surface area contributed by atoms with Crippen LogP contribution in [0.4, 0.5) is 0 Å². The number of hydrogen-bond acceptors (Lipinski definition) is 5. The Balaban J connectivity index is 3.23. The van der Waals surface area contributed by atoms with E-state index >= 15 is 0 Å². The highest BCUT2D eigenvalue weighted by Gasteiger charge is 2.14. The van der Waals surface area contributed by atoms with Crippen LogP contribution in [0.1, 0.15) is 0 Å². The predicted molar refractivity (Wildman–Crippen MR) is 48.7 cm³/mol. The quantitative estimate of drug-likeness (QED) is 0.426. The van der Waals surface area contributed by atoms with E-state index in [-0.39, 0.29) is 22.2 Å². The maximum absolute atomic E-state index is 8.64. The number of nitrogens with two attached hydrogens (primary N) is 1. The second-order valence-corrected chi connectivity index (χ2v) is 2.41. The molecule has 0 fully saturated rings. The van der Waals surface area contributed by atoms with Gasteiger partial charge in [0.1, 0.15) is 23.5 Å². The van der Waals surface area contributed by atoms with E-state index in [1.54, 1.807) is 12.1 Å². The van der Waals surface area contributed by atoms with Gasteiger partial charge in [0.2, 0.25) is 5.11 Å². The van der Waals surface area contributed by atoms with Gasteiger partial charge in [-0.3, -0.25) is 10.9 Å². The predicted octanol–water partition coefficient (Wildman–Crippen LogP) is -0.962. The first-order valence-electron chi connectivity index (χ1n) is 3.14. The van der Waals surface area contributed by atoms with Crippen LogP contribution in [0, 0.1) is 22.7 Å². The molecule has 7 heteroatoms. The van der Waals surface area contributed by atoms with Crippen molar-refractivity contribution in [2.24, 2.45) is 10.7 Å². The number of hydrazine groups is 1. The van der Waals surface area contributed by atoms with E-state index in [9.17, 15) is 0 Å². The molecule has 0 saturated carbocycles. The topological polar surface area (TPSA) is 110 Å². The Morgan fingerprint density at radius 2 is 2.00 bits per heavy atom. The van der Waals surface area contributed by atoms with E-state index in [1.165, 1.54) is 0 Å². The number of rotatable bonds is 0. The van der Waals surface area contributed by atoms with Crippen molar-refractivity contribution >= 4 is 23.2 Å². The summed E-state index contributed by atoms with van der Waals surface area (Å²) in [6.07, 6.45) is 0. The number of amidine groups is 1. The van der Waals surface area contributed by atoms with Gasteiger partial charge in [0.15, 0.2) is 5.70 Å². The molecule has 1 rings (SSSR count). The average Bonchev–Trinajstić information content (AvgIpc) is 2.23. The Hall–Kier alpha value is -2.12. The molecule has 0 aromatic carbocycles. The Morgan fingerprint density at radius 1 is 1.31 bits per heavy atom. The minimum atomic E-state index is -0.0680. The molecule has 13 heavy (non-hydrogen) atoms. The molecule has 0 aliphatic carbocycles. The van der Waals surface area contributed by atoms with Crippen molar-refractivity contribution in [1.29, 1.82) is 10.5 Å². The summed E-state index contributed by atoms with van der Waals surface area (Å²) in [7, 11) is 0. The second kappa shape index (κ2) is 3.52. The molecule has 6 nitrogen and oxygen atoms in total.